The SMILES string of the molecule is CCC(C)(C)C(=O)NC(C)(C)CS(=O)(=O)O.CCC(C)(C)C(=O)O.CCC(C)(C)C(=O)OCCCS(=O)(=O)O.CCC(C)(C)C(=O)OCCOC(=O)CCC(=O)O.CCC(C)C(=O)O.CCC(C)C(=O)OCCCCCC(=O)OCCCCCC(=O)O. The molecule has 87 heavy (non-hydrogen) atoms. The number of hydrogen-bond donors (Lipinski definition) is 7. The van der Waals surface area contributed by atoms with Crippen LogP contribution in [0.15, 0.2) is 0 Å². The molecule has 26 nitrogen and oxygen atoms in total. The van der Waals surface area contributed by atoms with Gasteiger partial charge in [0.15, 0.2) is 0 Å². The molecular formula is C59H111NO25S2. The number of aliphatic carboxylic acids is 4. The number of hydrogen-bond acceptors (Lipinski definition) is 19. The smallest absolute Gasteiger partial charge is 0.311 e. The second-order valence-electron chi connectivity index (χ2n) is 23.7. The lowest BCUT2D eigenvalue weighted by molar-refractivity contribution is -0.159. The fourth-order valence-electron chi connectivity index (χ4n) is 4.95. The molecule has 0 bridgehead atoms. The van der Waals surface area contributed by atoms with Gasteiger partial charge in [-0.1, -0.05) is 69.2 Å². The van der Waals surface area contributed by atoms with Crippen LogP contribution in [0.5, 0.6) is 0 Å². The van der Waals surface area contributed by atoms with Crippen molar-refractivity contribution < 1.29 is 118 Å². The number of carbonyl (C=O) groups is 10. The maximum absolute atomic E-state index is 11.8. The first-order chi connectivity index (χ1) is 39.5. The van der Waals surface area contributed by atoms with Gasteiger partial charge in [0, 0.05) is 18.3 Å². The molecule has 0 aliphatic carbocycles. The molecule has 7 N–H and O–H groups in total. The third kappa shape index (κ3) is 59.3. The molecule has 0 aromatic rings. The zero-order valence-corrected chi connectivity index (χ0v) is 57.0. The van der Waals surface area contributed by atoms with Crippen LogP contribution >= 0.6 is 0 Å². The molecule has 0 saturated carbocycles. The van der Waals surface area contributed by atoms with Gasteiger partial charge in [-0.15, -0.1) is 0 Å². The van der Waals surface area contributed by atoms with E-state index in [1.165, 1.54) is 0 Å². The fraction of sp³-hybridized carbons (Fsp3) is 0.831. The Morgan fingerprint density at radius 1 is 0.425 bits per heavy atom. The van der Waals surface area contributed by atoms with E-state index in [0.717, 1.165) is 38.5 Å². The van der Waals surface area contributed by atoms with Gasteiger partial charge in [-0.3, -0.25) is 57.1 Å². The second-order valence-corrected chi connectivity index (χ2v) is 26.7. The Morgan fingerprint density at radius 2 is 0.805 bits per heavy atom. The van der Waals surface area contributed by atoms with Gasteiger partial charge >= 0.3 is 53.7 Å². The molecule has 2 unspecified atom stereocenters. The molecule has 0 heterocycles. The summed E-state index contributed by atoms with van der Waals surface area (Å²) in [4.78, 5) is 109. The lowest BCUT2D eigenvalue weighted by Gasteiger charge is -2.30. The predicted octanol–water partition coefficient (Wildman–Crippen LogP) is 9.77. The fourth-order valence-corrected chi connectivity index (χ4v) is 6.42. The monoisotopic (exact) mass is 1300 g/mol. The highest BCUT2D eigenvalue weighted by Crippen LogP contribution is 2.24. The third-order valence-corrected chi connectivity index (χ3v) is 15.2. The van der Waals surface area contributed by atoms with Crippen molar-refractivity contribution in [3.05, 3.63) is 0 Å². The van der Waals surface area contributed by atoms with Gasteiger partial charge in [-0.05, 0) is 139 Å². The maximum atomic E-state index is 11.8. The van der Waals surface area contributed by atoms with Crippen LogP contribution in [0.1, 0.15) is 234 Å². The number of unbranched alkanes of at least 4 members (excludes halogenated alkanes) is 4. The minimum atomic E-state index is -4.09. The highest BCUT2D eigenvalue weighted by atomic mass is 32.2. The summed E-state index contributed by atoms with van der Waals surface area (Å²) in [5, 5.41) is 36.1. The van der Waals surface area contributed by atoms with Gasteiger partial charge < -0.3 is 49.4 Å². The average Bonchev–Trinajstić information content (AvgIpc) is 3.61. The van der Waals surface area contributed by atoms with Gasteiger partial charge in [-0.2, -0.15) is 16.8 Å². The van der Waals surface area contributed by atoms with E-state index in [4.69, 9.17) is 53.2 Å². The van der Waals surface area contributed by atoms with Gasteiger partial charge in [0.05, 0.1) is 77.8 Å². The molecule has 0 radical (unpaired) electrons. The van der Waals surface area contributed by atoms with Crippen molar-refractivity contribution >= 4 is 79.9 Å². The van der Waals surface area contributed by atoms with Crippen LogP contribution in [0.4, 0.5) is 0 Å². The van der Waals surface area contributed by atoms with Crippen molar-refractivity contribution in [2.24, 2.45) is 33.5 Å². The molecule has 0 aromatic heterocycles. The van der Waals surface area contributed by atoms with E-state index in [1.807, 2.05) is 48.5 Å². The molecule has 0 aliphatic rings. The molecule has 0 aromatic carbocycles. The minimum absolute atomic E-state index is 0.0128. The van der Waals surface area contributed by atoms with Crippen LogP contribution in [0.25, 0.3) is 0 Å². The van der Waals surface area contributed by atoms with Crippen LogP contribution in [0.2, 0.25) is 0 Å². The Kier molecular flexibility index (Phi) is 51.6. The summed E-state index contributed by atoms with van der Waals surface area (Å²) in [7, 11) is -8.05. The van der Waals surface area contributed by atoms with E-state index in [0.29, 0.717) is 58.2 Å². The van der Waals surface area contributed by atoms with E-state index < -0.39 is 83.0 Å². The van der Waals surface area contributed by atoms with E-state index in [-0.39, 0.29) is 92.9 Å². The third-order valence-electron chi connectivity index (χ3n) is 13.3. The van der Waals surface area contributed by atoms with Crippen LogP contribution in [-0.4, -0.2) is 156 Å². The van der Waals surface area contributed by atoms with Crippen molar-refractivity contribution in [1.82, 2.24) is 5.32 Å². The Hall–Kier alpha value is -5.48. The second kappa shape index (κ2) is 48.4. The minimum Gasteiger partial charge on any atom is -0.481 e. The van der Waals surface area contributed by atoms with Crippen molar-refractivity contribution in [2.45, 2.75) is 239 Å². The van der Waals surface area contributed by atoms with Crippen LogP contribution in [-0.2, 0) is 91.9 Å². The normalized spacial score (nSPS) is 12.1. The predicted molar refractivity (Wildman–Crippen MR) is 326 cm³/mol. The Morgan fingerprint density at radius 3 is 1.16 bits per heavy atom. The van der Waals surface area contributed by atoms with Gasteiger partial charge in [0.1, 0.15) is 13.2 Å². The Labute approximate surface area is 518 Å². The number of carboxylic acids is 4. The summed E-state index contributed by atoms with van der Waals surface area (Å²) < 4.78 is 84.1. The molecule has 1 amide bonds. The standard InChI is InChI=1S/C17H30O6.C12H20O6.C10H21NO4S.C9H18O5S.C6H12O2.C5H10O2/c1-3-14(2)17(21)23-13-9-5-7-11-16(20)22-12-8-4-6-10-15(18)19;1-4-12(2,3)11(16)18-8-7-17-10(15)6-5-9(13)14;1-6-9(2,3)8(12)11-10(4,5)7-16(13,14)15;1-4-9(2,3)8(10)14-6-5-7-15(11,12)13;1-4-6(2,3)5(7)8;1-3-4(2)5(6)7/h14H,3-13H2,1-2H3,(H,18,19);4-8H2,1-3H3,(H,13,14);6-7H2,1-5H3,(H,11,12)(H,13,14,15);4-7H2,1-3H3,(H,11,12,13);4H2,1-3H3,(H,7,8);4H,3H2,1-2H3,(H,6,7). The molecule has 0 spiro atoms. The van der Waals surface area contributed by atoms with Gasteiger partial charge in [-0.25, -0.2) is 0 Å². The molecule has 0 aliphatic heterocycles. The van der Waals surface area contributed by atoms with Crippen LogP contribution < -0.4 is 5.32 Å². The zero-order valence-electron chi connectivity index (χ0n) is 55.4. The molecule has 2 atom stereocenters. The van der Waals surface area contributed by atoms with E-state index >= 15 is 0 Å². The number of nitrogens with one attached hydrogen (secondary N) is 1. The lowest BCUT2D eigenvalue weighted by atomic mass is 9.88. The molecule has 28 heteroatoms. The topological polar surface area (TPSA) is 419 Å². The lowest BCUT2D eigenvalue weighted by Crippen LogP contribution is -2.52. The van der Waals surface area contributed by atoms with Crippen molar-refractivity contribution in [3.63, 3.8) is 0 Å². The highest BCUT2D eigenvalue weighted by Gasteiger charge is 2.33. The van der Waals surface area contributed by atoms with Crippen molar-refractivity contribution in [2.75, 3.05) is 44.5 Å². The first-order valence-electron chi connectivity index (χ1n) is 29.5. The van der Waals surface area contributed by atoms with Crippen LogP contribution in [0.3, 0.4) is 0 Å². The Balaban J connectivity index is -0.000000235. The van der Waals surface area contributed by atoms with E-state index in [1.54, 1.807) is 76.2 Å². The van der Waals surface area contributed by atoms with E-state index in [2.05, 4.69) is 5.32 Å². The van der Waals surface area contributed by atoms with E-state index in [9.17, 15) is 64.8 Å². The number of esters is 5. The first kappa shape index (κ1) is 92.7. The average molecular weight is 1300 g/mol. The number of amides is 1. The van der Waals surface area contributed by atoms with Crippen molar-refractivity contribution in [1.29, 1.82) is 0 Å². The highest BCUT2D eigenvalue weighted by molar-refractivity contribution is 7.86. The summed E-state index contributed by atoms with van der Waals surface area (Å²) >= 11 is 0. The van der Waals surface area contributed by atoms with Gasteiger partial charge in [0.2, 0.25) is 5.91 Å². The molecule has 0 saturated heterocycles. The van der Waals surface area contributed by atoms with Gasteiger partial charge in [0.25, 0.3) is 20.2 Å². The molecule has 0 rings (SSSR count). The molecule has 0 fully saturated rings. The summed E-state index contributed by atoms with van der Waals surface area (Å²) in [6, 6.07) is 0. The number of ether oxygens (including phenoxy) is 5. The number of rotatable bonds is 37. The quantitative estimate of drug-likeness (QED) is 0.0132. The first-order valence-corrected chi connectivity index (χ1v) is 32.7. The molecular weight excluding hydrogens is 1190 g/mol. The summed E-state index contributed by atoms with van der Waals surface area (Å²) in [6.07, 6.45) is 8.71. The summed E-state index contributed by atoms with van der Waals surface area (Å²) in [5.74, 6) is -6.28. The van der Waals surface area contributed by atoms with Crippen molar-refractivity contribution in [3.8, 4) is 0 Å². The Bertz CT molecular complexity index is 2260. The largest absolute Gasteiger partial charge is 0.481 e. The van der Waals surface area contributed by atoms with Crippen LogP contribution in [0, 0.1) is 33.5 Å². The zero-order chi connectivity index (χ0) is 69.6. The number of carboxylic acid groups (broad SMARTS) is 4. The summed E-state index contributed by atoms with van der Waals surface area (Å²) in [5.41, 5.74) is -3.15. The summed E-state index contributed by atoms with van der Waals surface area (Å²) in [6.45, 7) is 32.8. The number of carbonyl (C=O) groups excluding carboxylic acids is 6. The maximum Gasteiger partial charge on any atom is 0.311 e. The molecule has 514 valence electrons.